The molecule has 0 amide bonds. The SMILES string of the molecule is CC(CCN)SCCC1CCCCN1C. The number of rotatable bonds is 6. The topological polar surface area (TPSA) is 29.3 Å². The number of nitrogens with two attached hydrogens (primary N) is 1. The summed E-state index contributed by atoms with van der Waals surface area (Å²) < 4.78 is 0. The van der Waals surface area contributed by atoms with Crippen molar-refractivity contribution in [1.29, 1.82) is 0 Å². The van der Waals surface area contributed by atoms with Crippen molar-refractivity contribution in [3.05, 3.63) is 0 Å². The zero-order chi connectivity index (χ0) is 11.1. The molecule has 1 fully saturated rings. The molecule has 0 bridgehead atoms. The minimum absolute atomic E-state index is 0.740. The van der Waals surface area contributed by atoms with Crippen molar-refractivity contribution in [3.8, 4) is 0 Å². The molecule has 0 aromatic heterocycles. The number of hydrogen-bond acceptors (Lipinski definition) is 3. The van der Waals surface area contributed by atoms with Crippen molar-refractivity contribution in [1.82, 2.24) is 4.90 Å². The highest BCUT2D eigenvalue weighted by molar-refractivity contribution is 7.99. The molecule has 1 heterocycles. The highest BCUT2D eigenvalue weighted by Crippen LogP contribution is 2.21. The van der Waals surface area contributed by atoms with Gasteiger partial charge in [0.15, 0.2) is 0 Å². The van der Waals surface area contributed by atoms with Gasteiger partial charge in [-0.25, -0.2) is 0 Å². The Morgan fingerprint density at radius 1 is 1.47 bits per heavy atom. The van der Waals surface area contributed by atoms with E-state index in [1.165, 1.54) is 38.0 Å². The Labute approximate surface area is 99.0 Å². The van der Waals surface area contributed by atoms with Gasteiger partial charge in [0.1, 0.15) is 0 Å². The lowest BCUT2D eigenvalue weighted by atomic mass is 10.0. The summed E-state index contributed by atoms with van der Waals surface area (Å²) >= 11 is 2.09. The summed E-state index contributed by atoms with van der Waals surface area (Å²) in [6.45, 7) is 4.42. The van der Waals surface area contributed by atoms with Gasteiger partial charge in [-0.2, -0.15) is 11.8 Å². The predicted molar refractivity (Wildman–Crippen MR) is 70.5 cm³/mol. The first-order chi connectivity index (χ1) is 7.24. The first-order valence-corrected chi connectivity index (χ1v) is 7.31. The molecule has 2 N–H and O–H groups in total. The second-order valence-corrected chi connectivity index (χ2v) is 6.22. The minimum atomic E-state index is 0.740. The van der Waals surface area contributed by atoms with Crippen molar-refractivity contribution in [2.75, 3.05) is 25.9 Å². The van der Waals surface area contributed by atoms with Gasteiger partial charge in [0.25, 0.3) is 0 Å². The van der Waals surface area contributed by atoms with Gasteiger partial charge < -0.3 is 10.6 Å². The van der Waals surface area contributed by atoms with E-state index in [2.05, 4.69) is 30.6 Å². The molecule has 2 atom stereocenters. The van der Waals surface area contributed by atoms with Gasteiger partial charge in [0.2, 0.25) is 0 Å². The van der Waals surface area contributed by atoms with E-state index >= 15 is 0 Å². The van der Waals surface area contributed by atoms with E-state index in [4.69, 9.17) is 5.73 Å². The number of likely N-dealkylation sites (tertiary alicyclic amines) is 1. The highest BCUT2D eigenvalue weighted by atomic mass is 32.2. The number of thioether (sulfide) groups is 1. The van der Waals surface area contributed by atoms with Crippen LogP contribution in [0.4, 0.5) is 0 Å². The summed E-state index contributed by atoms with van der Waals surface area (Å²) in [6, 6.07) is 0.844. The maximum Gasteiger partial charge on any atom is 0.0100 e. The van der Waals surface area contributed by atoms with Crippen LogP contribution >= 0.6 is 11.8 Å². The van der Waals surface area contributed by atoms with E-state index in [1.807, 2.05) is 0 Å². The Balaban J connectivity index is 2.08. The average Bonchev–Trinajstić information content (AvgIpc) is 2.21. The molecule has 0 aromatic rings. The molecule has 1 rings (SSSR count). The van der Waals surface area contributed by atoms with Crippen LogP contribution in [0.15, 0.2) is 0 Å². The van der Waals surface area contributed by atoms with E-state index in [0.29, 0.717) is 0 Å². The van der Waals surface area contributed by atoms with E-state index in [-0.39, 0.29) is 0 Å². The van der Waals surface area contributed by atoms with Gasteiger partial charge in [-0.1, -0.05) is 13.3 Å². The lowest BCUT2D eigenvalue weighted by molar-refractivity contribution is 0.182. The quantitative estimate of drug-likeness (QED) is 0.759. The Hall–Kier alpha value is 0.270. The van der Waals surface area contributed by atoms with Crippen LogP contribution in [0.2, 0.25) is 0 Å². The van der Waals surface area contributed by atoms with Crippen LogP contribution in [0.5, 0.6) is 0 Å². The third-order valence-corrected chi connectivity index (χ3v) is 4.62. The van der Waals surface area contributed by atoms with Crippen LogP contribution < -0.4 is 5.73 Å². The second kappa shape index (κ2) is 7.53. The zero-order valence-electron chi connectivity index (χ0n) is 10.2. The molecular formula is C12H26N2S. The molecule has 0 aromatic carbocycles. The van der Waals surface area contributed by atoms with Gasteiger partial charge in [-0.3, -0.25) is 0 Å². The smallest absolute Gasteiger partial charge is 0.0100 e. The van der Waals surface area contributed by atoms with Crippen molar-refractivity contribution in [2.24, 2.45) is 5.73 Å². The second-order valence-electron chi connectivity index (χ2n) is 4.68. The largest absolute Gasteiger partial charge is 0.330 e. The summed E-state index contributed by atoms with van der Waals surface area (Å²) in [5.74, 6) is 1.30. The number of nitrogens with zero attached hydrogens (tertiary/aromatic N) is 1. The fourth-order valence-electron chi connectivity index (χ4n) is 2.23. The Bertz CT molecular complexity index is 164. The van der Waals surface area contributed by atoms with E-state index in [0.717, 1.165) is 24.3 Å². The van der Waals surface area contributed by atoms with E-state index in [1.54, 1.807) is 0 Å². The van der Waals surface area contributed by atoms with Gasteiger partial charge in [-0.15, -0.1) is 0 Å². The highest BCUT2D eigenvalue weighted by Gasteiger charge is 2.18. The number of hydrogen-bond donors (Lipinski definition) is 1. The third-order valence-electron chi connectivity index (χ3n) is 3.35. The summed E-state index contributed by atoms with van der Waals surface area (Å²) in [6.07, 6.45) is 6.74. The standard InChI is InChI=1S/C12H26N2S/c1-11(6-8-13)15-10-7-12-5-3-4-9-14(12)2/h11-12H,3-10,13H2,1-2H3. The van der Waals surface area contributed by atoms with Gasteiger partial charge in [0, 0.05) is 11.3 Å². The average molecular weight is 230 g/mol. The van der Waals surface area contributed by atoms with Crippen LogP contribution in [0.3, 0.4) is 0 Å². The summed E-state index contributed by atoms with van der Waals surface area (Å²) in [5, 5.41) is 0.740. The molecule has 1 saturated heterocycles. The normalized spacial score (nSPS) is 25.4. The monoisotopic (exact) mass is 230 g/mol. The van der Waals surface area contributed by atoms with Crippen LogP contribution in [-0.2, 0) is 0 Å². The lowest BCUT2D eigenvalue weighted by Crippen LogP contribution is -2.36. The molecule has 0 radical (unpaired) electrons. The lowest BCUT2D eigenvalue weighted by Gasteiger charge is -2.32. The van der Waals surface area contributed by atoms with Crippen molar-refractivity contribution < 1.29 is 0 Å². The summed E-state index contributed by atoms with van der Waals surface area (Å²) in [5.41, 5.74) is 5.54. The molecule has 0 saturated carbocycles. The predicted octanol–water partition coefficient (Wildman–Crippen LogP) is 2.33. The van der Waals surface area contributed by atoms with Crippen LogP contribution in [0.25, 0.3) is 0 Å². The van der Waals surface area contributed by atoms with Crippen molar-refractivity contribution >= 4 is 11.8 Å². The molecule has 1 aliphatic rings. The van der Waals surface area contributed by atoms with Crippen molar-refractivity contribution in [2.45, 2.75) is 50.3 Å². The number of piperidine rings is 1. The third kappa shape index (κ3) is 5.23. The Morgan fingerprint density at radius 2 is 2.27 bits per heavy atom. The molecule has 2 nitrogen and oxygen atoms in total. The van der Waals surface area contributed by atoms with E-state index < -0.39 is 0 Å². The Kier molecular flexibility index (Phi) is 6.69. The first-order valence-electron chi connectivity index (χ1n) is 6.26. The van der Waals surface area contributed by atoms with Gasteiger partial charge in [0.05, 0.1) is 0 Å². The molecule has 3 heteroatoms. The minimum Gasteiger partial charge on any atom is -0.330 e. The summed E-state index contributed by atoms with van der Waals surface area (Å²) in [4.78, 5) is 2.54. The van der Waals surface area contributed by atoms with Gasteiger partial charge in [-0.05, 0) is 51.6 Å². The molecule has 1 aliphatic heterocycles. The molecular weight excluding hydrogens is 204 g/mol. The van der Waals surface area contributed by atoms with E-state index in [9.17, 15) is 0 Å². The van der Waals surface area contributed by atoms with Crippen LogP contribution in [0.1, 0.15) is 39.0 Å². The Morgan fingerprint density at radius 3 is 2.93 bits per heavy atom. The maximum atomic E-state index is 5.54. The fourth-order valence-corrected chi connectivity index (χ4v) is 3.35. The van der Waals surface area contributed by atoms with Gasteiger partial charge >= 0.3 is 0 Å². The van der Waals surface area contributed by atoms with Crippen LogP contribution in [-0.4, -0.2) is 42.1 Å². The fraction of sp³-hybridized carbons (Fsp3) is 1.00. The first kappa shape index (κ1) is 13.3. The molecule has 2 unspecified atom stereocenters. The van der Waals surface area contributed by atoms with Crippen molar-refractivity contribution in [3.63, 3.8) is 0 Å². The zero-order valence-corrected chi connectivity index (χ0v) is 11.1. The molecule has 15 heavy (non-hydrogen) atoms. The summed E-state index contributed by atoms with van der Waals surface area (Å²) in [7, 11) is 2.28. The molecule has 0 aliphatic carbocycles. The molecule has 90 valence electrons. The molecule has 0 spiro atoms. The van der Waals surface area contributed by atoms with Crippen LogP contribution in [0, 0.1) is 0 Å². The maximum absolute atomic E-state index is 5.54.